The number of amides is 2. The molecule has 2 aromatic rings. The van der Waals surface area contributed by atoms with Crippen molar-refractivity contribution in [3.05, 3.63) is 12.7 Å². The van der Waals surface area contributed by atoms with Crippen LogP contribution in [-0.4, -0.2) is 103 Å². The fourth-order valence-electron chi connectivity index (χ4n) is 3.85. The van der Waals surface area contributed by atoms with E-state index in [9.17, 15) is 43.8 Å². The van der Waals surface area contributed by atoms with Crippen molar-refractivity contribution >= 4 is 57.1 Å². The van der Waals surface area contributed by atoms with E-state index in [0.29, 0.717) is 12.3 Å². The molecule has 0 spiro atoms. The van der Waals surface area contributed by atoms with Crippen molar-refractivity contribution in [1.29, 1.82) is 0 Å². The zero-order valence-electron chi connectivity index (χ0n) is 25.4. The number of thiol groups is 1. The second kappa shape index (κ2) is 18.7. The Morgan fingerprint density at radius 3 is 2.43 bits per heavy atom. The minimum atomic E-state index is -5.66. The maximum absolute atomic E-state index is 12.3. The summed E-state index contributed by atoms with van der Waals surface area (Å²) in [6, 6.07) is 0. The minimum absolute atomic E-state index is 0. The van der Waals surface area contributed by atoms with E-state index < -0.39 is 70.8 Å². The molecule has 3 heterocycles. The topological polar surface area (TPSA) is 306 Å². The number of anilines is 1. The van der Waals surface area contributed by atoms with Gasteiger partial charge in [-0.25, -0.2) is 19.3 Å². The number of nitrogens with zero attached hydrogens (tertiary/aromatic N) is 4. The number of carbonyl (C=O) groups is 2. The van der Waals surface area contributed by atoms with Crippen LogP contribution in [0.3, 0.4) is 0 Å². The Kier molecular flexibility index (Phi) is 17.7. The predicted molar refractivity (Wildman–Crippen MR) is 148 cm³/mol. The van der Waals surface area contributed by atoms with Gasteiger partial charge in [0.1, 0.15) is 36.3 Å². The van der Waals surface area contributed by atoms with Crippen molar-refractivity contribution in [1.82, 2.24) is 30.2 Å². The van der Waals surface area contributed by atoms with Crippen LogP contribution in [0, 0.1) is 5.41 Å². The zero-order valence-corrected chi connectivity index (χ0v) is 32.1. The Morgan fingerprint density at radius 1 is 1.13 bits per heavy atom. The number of phosphoric ester groups is 2. The van der Waals surface area contributed by atoms with Crippen LogP contribution in [0.4, 0.5) is 5.82 Å². The number of nitrogens with one attached hydrogen (secondary N) is 2. The van der Waals surface area contributed by atoms with E-state index in [0.717, 1.165) is 6.33 Å². The van der Waals surface area contributed by atoms with E-state index in [4.69, 9.17) is 10.5 Å². The molecule has 7 N–H and O–H groups in total. The van der Waals surface area contributed by atoms with Crippen LogP contribution in [0.25, 0.3) is 11.2 Å². The van der Waals surface area contributed by atoms with Crippen molar-refractivity contribution in [2.75, 3.05) is 37.8 Å². The molecular formula is C21H33N7Na2O13P2S. The van der Waals surface area contributed by atoms with Crippen LogP contribution in [-0.2, 0) is 36.8 Å². The molecule has 1 aliphatic rings. The maximum Gasteiger partial charge on any atom is 1.00 e. The second-order valence-corrected chi connectivity index (χ2v) is 13.6. The number of aliphatic hydroxyl groups is 3. The van der Waals surface area contributed by atoms with Gasteiger partial charge in [-0.3, -0.25) is 23.3 Å². The van der Waals surface area contributed by atoms with Crippen LogP contribution in [0.2, 0.25) is 0 Å². The summed E-state index contributed by atoms with van der Waals surface area (Å²) in [6.45, 7) is 0.858. The number of phosphoric acid groups is 2. The number of nitrogen functional groups attached to an aromatic ring is 1. The Hall–Kier alpha value is -0.260. The number of fused-ring (bicyclic) bond motifs is 1. The maximum atomic E-state index is 12.3. The van der Waals surface area contributed by atoms with Crippen molar-refractivity contribution in [3.63, 3.8) is 0 Å². The van der Waals surface area contributed by atoms with Gasteiger partial charge in [0.25, 0.3) is 15.6 Å². The molecule has 2 aromatic heterocycles. The Bertz CT molecular complexity index is 1430. The first-order valence-electron chi connectivity index (χ1n) is 12.9. The first-order valence-corrected chi connectivity index (χ1v) is 16.4. The van der Waals surface area contributed by atoms with Gasteiger partial charge in [-0.05, 0) is 0 Å². The molecule has 3 rings (SSSR count). The first kappa shape index (κ1) is 43.8. The Balaban J connectivity index is 0.00000529. The van der Waals surface area contributed by atoms with E-state index in [1.165, 1.54) is 24.7 Å². The van der Waals surface area contributed by atoms with Crippen LogP contribution in [0.5, 0.6) is 0 Å². The fraction of sp³-hybridized carbons (Fsp3) is 0.667. The van der Waals surface area contributed by atoms with E-state index in [-0.39, 0.29) is 95.0 Å². The molecule has 46 heavy (non-hydrogen) atoms. The third kappa shape index (κ3) is 12.0. The van der Waals surface area contributed by atoms with E-state index in [1.54, 1.807) is 0 Å². The molecule has 0 aromatic carbocycles. The standard InChI is InChI=1S/C21H35N7O13P2S.2Na/c1-21(2,16(32)19(33)24-4-3-12(29)23-5-6-44)8-39-43(36,37)41-42(34,35)38-7-11-14(30)15(31)20(40-11)28-10-27-13-17(22)25-9-26-18(13)28;;/h9-11,14-16,20,30-32,44H,3-8H2,1-2H3,(H,23,29)(H,24,33)(H,34,35)(H,36,37)(H2,22,25,26);;/q;2*+1/p-2. The zero-order chi connectivity index (χ0) is 32.9. The summed E-state index contributed by atoms with van der Waals surface area (Å²) < 4.78 is 44.4. The van der Waals surface area contributed by atoms with Crippen molar-refractivity contribution in [2.45, 2.75) is 50.9 Å². The molecule has 248 valence electrons. The quantitative estimate of drug-likeness (QED) is 0.0479. The number of rotatable bonds is 16. The molecule has 2 amide bonds. The number of hydrogen-bond acceptors (Lipinski definition) is 18. The van der Waals surface area contributed by atoms with Gasteiger partial charge < -0.3 is 55.3 Å². The van der Waals surface area contributed by atoms with Crippen molar-refractivity contribution in [3.8, 4) is 0 Å². The smallest absolute Gasteiger partial charge is 0.756 e. The normalized spacial score (nSPS) is 23.0. The Morgan fingerprint density at radius 2 is 1.78 bits per heavy atom. The van der Waals surface area contributed by atoms with Gasteiger partial charge in [0.05, 0.1) is 19.5 Å². The SMILES string of the molecule is CC(C)(COP(=O)([O-])OP(=O)([O-])OCC1OC(n2cnc3c(N)ncnc32)C(O)C1O)C(O)C(=O)NCCC(=O)NCCS.[Na+].[Na+]. The molecule has 7 unspecified atom stereocenters. The molecule has 0 aliphatic carbocycles. The van der Waals surface area contributed by atoms with Gasteiger partial charge in [0.2, 0.25) is 11.8 Å². The monoisotopic (exact) mass is 731 g/mol. The first-order chi connectivity index (χ1) is 20.5. The van der Waals surface area contributed by atoms with Gasteiger partial charge in [0.15, 0.2) is 17.7 Å². The van der Waals surface area contributed by atoms with Crippen LogP contribution >= 0.6 is 28.3 Å². The number of hydrogen-bond donors (Lipinski definition) is 7. The number of nitrogens with two attached hydrogens (primary N) is 1. The van der Waals surface area contributed by atoms with Gasteiger partial charge in [-0.2, -0.15) is 12.6 Å². The van der Waals surface area contributed by atoms with Crippen LogP contribution < -0.4 is 85.3 Å². The van der Waals surface area contributed by atoms with Crippen LogP contribution in [0.15, 0.2) is 12.7 Å². The summed E-state index contributed by atoms with van der Waals surface area (Å²) in [7, 11) is -11.3. The number of aromatic nitrogens is 4. The Labute approximate surface area is 312 Å². The average molecular weight is 732 g/mol. The number of imidazole rings is 1. The molecule has 0 bridgehead atoms. The molecule has 20 nitrogen and oxygen atoms in total. The molecule has 1 fully saturated rings. The van der Waals surface area contributed by atoms with Gasteiger partial charge >= 0.3 is 59.1 Å². The third-order valence-corrected chi connectivity index (χ3v) is 9.00. The molecule has 1 saturated heterocycles. The molecule has 25 heteroatoms. The predicted octanol–water partition coefficient (Wildman–Crippen LogP) is -9.04. The van der Waals surface area contributed by atoms with E-state index in [2.05, 4.69) is 51.6 Å². The largest absolute Gasteiger partial charge is 1.00 e. The fourth-order valence-corrected chi connectivity index (χ4v) is 6.14. The van der Waals surface area contributed by atoms with Gasteiger partial charge in [-0.1, -0.05) is 13.8 Å². The third-order valence-electron chi connectivity index (χ3n) is 6.26. The summed E-state index contributed by atoms with van der Waals surface area (Å²) >= 11 is 3.95. The summed E-state index contributed by atoms with van der Waals surface area (Å²) in [6.07, 6.45) is -5.66. The van der Waals surface area contributed by atoms with E-state index >= 15 is 0 Å². The number of aliphatic hydroxyl groups excluding tert-OH is 3. The molecular weight excluding hydrogens is 698 g/mol. The second-order valence-electron chi connectivity index (χ2n) is 10.2. The molecule has 0 radical (unpaired) electrons. The average Bonchev–Trinajstić information content (AvgIpc) is 3.50. The van der Waals surface area contributed by atoms with Crippen molar-refractivity contribution < 1.29 is 121 Å². The minimum Gasteiger partial charge on any atom is -0.756 e. The summed E-state index contributed by atoms with van der Waals surface area (Å²) in [5.41, 5.74) is 4.49. The van der Waals surface area contributed by atoms with Gasteiger partial charge in [0, 0.05) is 30.7 Å². The summed E-state index contributed by atoms with van der Waals surface area (Å²) in [5.74, 6) is -0.830. The van der Waals surface area contributed by atoms with Gasteiger partial charge in [-0.15, -0.1) is 0 Å². The summed E-state index contributed by atoms with van der Waals surface area (Å²) in [5, 5.41) is 36.0. The molecule has 0 saturated carbocycles. The summed E-state index contributed by atoms with van der Waals surface area (Å²) in [4.78, 5) is 60.1. The van der Waals surface area contributed by atoms with E-state index in [1.807, 2.05) is 0 Å². The van der Waals surface area contributed by atoms with Crippen LogP contribution in [0.1, 0.15) is 26.5 Å². The number of carbonyl (C=O) groups excluding carboxylic acids is 2. The number of ether oxygens (including phenoxy) is 1. The molecule has 1 aliphatic heterocycles. The molecule has 7 atom stereocenters. The van der Waals surface area contributed by atoms with Crippen molar-refractivity contribution in [2.24, 2.45) is 5.41 Å².